The second-order valence-electron chi connectivity index (χ2n) is 6.19. The summed E-state index contributed by atoms with van der Waals surface area (Å²) in [6.07, 6.45) is 2.39. The summed E-state index contributed by atoms with van der Waals surface area (Å²) in [5.41, 5.74) is 1.40. The van der Waals surface area contributed by atoms with Crippen LogP contribution >= 0.6 is 0 Å². The Morgan fingerprint density at radius 2 is 1.95 bits per heavy atom. The van der Waals surface area contributed by atoms with E-state index in [1.807, 2.05) is 0 Å². The normalized spacial score (nSPS) is 21.6. The molecule has 0 amide bonds. The maximum absolute atomic E-state index is 5.74. The second-order valence-corrected chi connectivity index (χ2v) is 6.19. The number of hydrogen-bond acceptors (Lipinski definition) is 2. The smallest absolute Gasteiger partial charge is 0.122 e. The van der Waals surface area contributed by atoms with E-state index in [4.69, 9.17) is 4.74 Å². The van der Waals surface area contributed by atoms with Crippen LogP contribution in [0.5, 0.6) is 5.75 Å². The van der Waals surface area contributed by atoms with Crippen molar-refractivity contribution < 1.29 is 4.74 Å². The second kappa shape index (κ2) is 6.42. The van der Waals surface area contributed by atoms with Crippen LogP contribution in [-0.4, -0.2) is 18.7 Å². The van der Waals surface area contributed by atoms with E-state index >= 15 is 0 Å². The molecule has 19 heavy (non-hydrogen) atoms. The zero-order valence-corrected chi connectivity index (χ0v) is 12.6. The fourth-order valence-electron chi connectivity index (χ4n) is 3.00. The first kappa shape index (κ1) is 14.4. The van der Waals surface area contributed by atoms with E-state index in [-0.39, 0.29) is 0 Å². The molecule has 0 saturated heterocycles. The standard InChI is InChI=1S/C17H27NO/c1-12(2)18-14(4)13(3)11-15-9-10-19-17-8-6-5-7-16(15)17/h5-8,12-15,18H,9-11H2,1-4H3. The van der Waals surface area contributed by atoms with Gasteiger partial charge in [0.05, 0.1) is 6.61 Å². The maximum atomic E-state index is 5.74. The van der Waals surface area contributed by atoms with Crippen LogP contribution in [0.25, 0.3) is 0 Å². The van der Waals surface area contributed by atoms with Crippen LogP contribution in [0.15, 0.2) is 24.3 Å². The molecule has 0 aromatic heterocycles. The molecule has 0 saturated carbocycles. The summed E-state index contributed by atoms with van der Waals surface area (Å²) < 4.78 is 5.74. The highest BCUT2D eigenvalue weighted by Gasteiger charge is 2.24. The molecule has 1 aliphatic rings. The first-order valence-corrected chi connectivity index (χ1v) is 7.55. The number of para-hydroxylation sites is 1. The maximum Gasteiger partial charge on any atom is 0.122 e. The van der Waals surface area contributed by atoms with Gasteiger partial charge >= 0.3 is 0 Å². The minimum atomic E-state index is 0.555. The van der Waals surface area contributed by atoms with Gasteiger partial charge in [-0.15, -0.1) is 0 Å². The molecule has 1 aromatic carbocycles. The van der Waals surface area contributed by atoms with Crippen LogP contribution in [0.2, 0.25) is 0 Å². The molecular formula is C17H27NO. The molecule has 3 atom stereocenters. The minimum absolute atomic E-state index is 0.555. The molecule has 1 aliphatic heterocycles. The first-order valence-electron chi connectivity index (χ1n) is 7.55. The van der Waals surface area contributed by atoms with Crippen molar-refractivity contribution in [1.29, 1.82) is 0 Å². The topological polar surface area (TPSA) is 21.3 Å². The third-order valence-corrected chi connectivity index (χ3v) is 4.19. The average Bonchev–Trinajstić information content (AvgIpc) is 2.38. The lowest BCUT2D eigenvalue weighted by molar-refractivity contribution is 0.243. The summed E-state index contributed by atoms with van der Waals surface area (Å²) in [6.45, 7) is 9.95. The number of benzene rings is 1. The van der Waals surface area contributed by atoms with Crippen molar-refractivity contribution in [3.05, 3.63) is 29.8 Å². The van der Waals surface area contributed by atoms with Gasteiger partial charge in [-0.2, -0.15) is 0 Å². The van der Waals surface area contributed by atoms with Crippen molar-refractivity contribution >= 4 is 0 Å². The van der Waals surface area contributed by atoms with E-state index in [0.29, 0.717) is 23.9 Å². The molecular weight excluding hydrogens is 234 g/mol. The van der Waals surface area contributed by atoms with Crippen molar-refractivity contribution in [2.24, 2.45) is 5.92 Å². The highest BCUT2D eigenvalue weighted by atomic mass is 16.5. The molecule has 0 fully saturated rings. The van der Waals surface area contributed by atoms with Crippen LogP contribution in [0, 0.1) is 5.92 Å². The van der Waals surface area contributed by atoms with Gasteiger partial charge in [0.2, 0.25) is 0 Å². The first-order chi connectivity index (χ1) is 9.08. The van der Waals surface area contributed by atoms with Crippen molar-refractivity contribution in [3.63, 3.8) is 0 Å². The van der Waals surface area contributed by atoms with E-state index in [2.05, 4.69) is 57.3 Å². The zero-order valence-electron chi connectivity index (χ0n) is 12.6. The van der Waals surface area contributed by atoms with E-state index in [1.165, 1.54) is 12.0 Å². The molecule has 0 radical (unpaired) electrons. The molecule has 0 aliphatic carbocycles. The summed E-state index contributed by atoms with van der Waals surface area (Å²) in [6, 6.07) is 9.64. The summed E-state index contributed by atoms with van der Waals surface area (Å²) in [5, 5.41) is 3.62. The van der Waals surface area contributed by atoms with Crippen molar-refractivity contribution in [1.82, 2.24) is 5.32 Å². The van der Waals surface area contributed by atoms with Gasteiger partial charge < -0.3 is 10.1 Å². The van der Waals surface area contributed by atoms with E-state index < -0.39 is 0 Å². The molecule has 1 aromatic rings. The number of ether oxygens (including phenoxy) is 1. The van der Waals surface area contributed by atoms with Crippen molar-refractivity contribution in [2.45, 2.75) is 58.5 Å². The van der Waals surface area contributed by atoms with Gasteiger partial charge in [-0.1, -0.05) is 39.0 Å². The summed E-state index contributed by atoms with van der Waals surface area (Å²) >= 11 is 0. The Labute approximate surface area is 117 Å². The molecule has 2 rings (SSSR count). The van der Waals surface area contributed by atoms with E-state index in [0.717, 1.165) is 18.8 Å². The summed E-state index contributed by atoms with van der Waals surface area (Å²) in [4.78, 5) is 0. The Hall–Kier alpha value is -1.02. The minimum Gasteiger partial charge on any atom is -0.493 e. The Balaban J connectivity index is 2.00. The molecule has 1 N–H and O–H groups in total. The monoisotopic (exact) mass is 261 g/mol. The molecule has 3 unspecified atom stereocenters. The van der Waals surface area contributed by atoms with Crippen LogP contribution in [0.1, 0.15) is 52.0 Å². The van der Waals surface area contributed by atoms with Gasteiger partial charge in [-0.25, -0.2) is 0 Å². The Morgan fingerprint density at radius 3 is 2.68 bits per heavy atom. The van der Waals surface area contributed by atoms with E-state index in [9.17, 15) is 0 Å². The lowest BCUT2D eigenvalue weighted by Crippen LogP contribution is -2.37. The number of nitrogens with one attached hydrogen (secondary N) is 1. The molecule has 2 heteroatoms. The fraction of sp³-hybridized carbons (Fsp3) is 0.647. The van der Waals surface area contributed by atoms with Crippen LogP contribution in [-0.2, 0) is 0 Å². The van der Waals surface area contributed by atoms with Crippen LogP contribution in [0.4, 0.5) is 0 Å². The Bertz CT molecular complexity index is 402. The number of rotatable bonds is 5. The summed E-state index contributed by atoms with van der Waals surface area (Å²) in [5.74, 6) is 2.42. The predicted octanol–water partition coefficient (Wildman–Crippen LogP) is 3.97. The van der Waals surface area contributed by atoms with Crippen molar-refractivity contribution in [2.75, 3.05) is 6.61 Å². The lowest BCUT2D eigenvalue weighted by Gasteiger charge is -2.31. The molecule has 0 bridgehead atoms. The Kier molecular flexibility index (Phi) is 4.87. The van der Waals surface area contributed by atoms with Gasteiger partial charge in [0.1, 0.15) is 5.75 Å². The molecule has 0 spiro atoms. The third kappa shape index (κ3) is 3.73. The third-order valence-electron chi connectivity index (χ3n) is 4.19. The molecule has 1 heterocycles. The predicted molar refractivity (Wildman–Crippen MR) is 80.8 cm³/mol. The zero-order chi connectivity index (χ0) is 13.8. The van der Waals surface area contributed by atoms with Crippen molar-refractivity contribution in [3.8, 4) is 5.75 Å². The largest absolute Gasteiger partial charge is 0.493 e. The summed E-state index contributed by atoms with van der Waals surface area (Å²) in [7, 11) is 0. The van der Waals surface area contributed by atoms with Gasteiger partial charge in [-0.3, -0.25) is 0 Å². The molecule has 106 valence electrons. The Morgan fingerprint density at radius 1 is 1.21 bits per heavy atom. The van der Waals surface area contributed by atoms with Crippen LogP contribution in [0.3, 0.4) is 0 Å². The number of hydrogen-bond donors (Lipinski definition) is 1. The number of fused-ring (bicyclic) bond motifs is 1. The fourth-order valence-corrected chi connectivity index (χ4v) is 3.00. The highest BCUT2D eigenvalue weighted by Crippen LogP contribution is 2.37. The van der Waals surface area contributed by atoms with Gasteiger partial charge in [0.15, 0.2) is 0 Å². The van der Waals surface area contributed by atoms with Crippen LogP contribution < -0.4 is 10.1 Å². The van der Waals surface area contributed by atoms with E-state index in [1.54, 1.807) is 0 Å². The molecule has 2 nitrogen and oxygen atoms in total. The van der Waals surface area contributed by atoms with Gasteiger partial charge in [-0.05, 0) is 43.2 Å². The lowest BCUT2D eigenvalue weighted by atomic mass is 9.83. The average molecular weight is 261 g/mol. The van der Waals surface area contributed by atoms with Gasteiger partial charge in [0.25, 0.3) is 0 Å². The SMILES string of the molecule is CC(C)NC(C)C(C)CC1CCOc2ccccc21. The quantitative estimate of drug-likeness (QED) is 0.866. The van der Waals surface area contributed by atoms with Gasteiger partial charge in [0, 0.05) is 12.1 Å². The highest BCUT2D eigenvalue weighted by molar-refractivity contribution is 5.37.